The number of nitrogens with zero attached hydrogens (tertiary/aromatic N) is 2. The summed E-state index contributed by atoms with van der Waals surface area (Å²) in [5.74, 6) is 0.0845. The van der Waals surface area contributed by atoms with Gasteiger partial charge in [-0.1, -0.05) is 12.8 Å². The van der Waals surface area contributed by atoms with Gasteiger partial charge >= 0.3 is 0 Å². The van der Waals surface area contributed by atoms with Gasteiger partial charge in [-0.05, 0) is 33.9 Å². The number of hydrogen-bond donors (Lipinski definition) is 1. The molecule has 4 heteroatoms. The molecule has 1 amide bonds. The van der Waals surface area contributed by atoms with E-state index in [1.54, 1.807) is 0 Å². The van der Waals surface area contributed by atoms with E-state index in [1.165, 1.54) is 19.3 Å². The Balaban J connectivity index is 2.75. The van der Waals surface area contributed by atoms with E-state index < -0.39 is 0 Å². The summed E-state index contributed by atoms with van der Waals surface area (Å²) < 4.78 is 0. The van der Waals surface area contributed by atoms with Crippen molar-refractivity contribution in [1.82, 2.24) is 9.80 Å². The van der Waals surface area contributed by atoms with Crippen LogP contribution in [0.25, 0.3) is 0 Å². The standard InChI is InChI=1S/C12H25N3O/c1-4-15(12(16)9-13)11-8-6-5-7-10(11)14(2)3/h10-11H,4-9,13H2,1-3H3. The van der Waals surface area contributed by atoms with Crippen molar-refractivity contribution in [1.29, 1.82) is 0 Å². The molecule has 1 rings (SSSR count). The molecule has 0 heterocycles. The zero-order chi connectivity index (χ0) is 12.1. The van der Waals surface area contributed by atoms with E-state index in [0.717, 1.165) is 13.0 Å². The van der Waals surface area contributed by atoms with Gasteiger partial charge in [0.15, 0.2) is 0 Å². The fraction of sp³-hybridized carbons (Fsp3) is 0.917. The topological polar surface area (TPSA) is 49.6 Å². The fourth-order valence-corrected chi connectivity index (χ4v) is 2.77. The zero-order valence-electron chi connectivity index (χ0n) is 10.8. The van der Waals surface area contributed by atoms with Crippen molar-refractivity contribution in [2.75, 3.05) is 27.2 Å². The van der Waals surface area contributed by atoms with Gasteiger partial charge in [-0.3, -0.25) is 4.79 Å². The second-order valence-electron chi connectivity index (χ2n) is 4.77. The SMILES string of the molecule is CCN(C(=O)CN)C1CCCCC1N(C)C. The number of rotatable bonds is 4. The van der Waals surface area contributed by atoms with Crippen LogP contribution >= 0.6 is 0 Å². The van der Waals surface area contributed by atoms with Crippen LogP contribution in [0.15, 0.2) is 0 Å². The van der Waals surface area contributed by atoms with E-state index in [4.69, 9.17) is 5.73 Å². The Hall–Kier alpha value is -0.610. The lowest BCUT2D eigenvalue weighted by molar-refractivity contribution is -0.133. The van der Waals surface area contributed by atoms with E-state index in [-0.39, 0.29) is 12.5 Å². The van der Waals surface area contributed by atoms with Crippen LogP contribution in [0.3, 0.4) is 0 Å². The third-order valence-corrected chi connectivity index (χ3v) is 3.59. The van der Waals surface area contributed by atoms with Gasteiger partial charge in [0.05, 0.1) is 6.54 Å². The van der Waals surface area contributed by atoms with E-state index in [1.807, 2.05) is 11.8 Å². The van der Waals surface area contributed by atoms with Crippen LogP contribution in [-0.4, -0.2) is 55.0 Å². The van der Waals surface area contributed by atoms with Gasteiger partial charge in [-0.25, -0.2) is 0 Å². The molecule has 0 saturated heterocycles. The Bertz CT molecular complexity index is 230. The van der Waals surface area contributed by atoms with Crippen LogP contribution in [0.2, 0.25) is 0 Å². The van der Waals surface area contributed by atoms with E-state index >= 15 is 0 Å². The van der Waals surface area contributed by atoms with Crippen LogP contribution in [0.1, 0.15) is 32.6 Å². The van der Waals surface area contributed by atoms with Crippen LogP contribution in [0, 0.1) is 0 Å². The Morgan fingerprint density at radius 3 is 2.25 bits per heavy atom. The maximum absolute atomic E-state index is 11.8. The fourth-order valence-electron chi connectivity index (χ4n) is 2.77. The predicted octanol–water partition coefficient (Wildman–Crippen LogP) is 0.666. The van der Waals surface area contributed by atoms with E-state index in [2.05, 4.69) is 19.0 Å². The molecule has 0 aromatic rings. The number of nitrogens with two attached hydrogens (primary N) is 1. The van der Waals surface area contributed by atoms with Crippen LogP contribution < -0.4 is 5.73 Å². The van der Waals surface area contributed by atoms with Gasteiger partial charge in [0.2, 0.25) is 5.91 Å². The quantitative estimate of drug-likeness (QED) is 0.768. The number of carbonyl (C=O) groups is 1. The molecule has 0 spiro atoms. The van der Waals surface area contributed by atoms with Gasteiger partial charge in [-0.15, -0.1) is 0 Å². The Morgan fingerprint density at radius 2 is 1.81 bits per heavy atom. The summed E-state index contributed by atoms with van der Waals surface area (Å²) in [6.45, 7) is 2.93. The molecule has 0 aliphatic heterocycles. The highest BCUT2D eigenvalue weighted by Gasteiger charge is 2.32. The summed E-state index contributed by atoms with van der Waals surface area (Å²) in [5, 5.41) is 0. The zero-order valence-corrected chi connectivity index (χ0v) is 10.8. The second-order valence-corrected chi connectivity index (χ2v) is 4.77. The highest BCUT2D eigenvalue weighted by Crippen LogP contribution is 2.25. The summed E-state index contributed by atoms with van der Waals surface area (Å²) in [5.41, 5.74) is 5.47. The first-order valence-corrected chi connectivity index (χ1v) is 6.27. The second kappa shape index (κ2) is 6.21. The first kappa shape index (κ1) is 13.5. The van der Waals surface area contributed by atoms with Crippen molar-refractivity contribution in [2.45, 2.75) is 44.7 Å². The smallest absolute Gasteiger partial charge is 0.236 e. The Kier molecular flexibility index (Phi) is 5.22. The normalized spacial score (nSPS) is 25.8. The largest absolute Gasteiger partial charge is 0.337 e. The Morgan fingerprint density at radius 1 is 1.25 bits per heavy atom. The molecule has 1 fully saturated rings. The van der Waals surface area contributed by atoms with Gasteiger partial charge in [-0.2, -0.15) is 0 Å². The molecular formula is C12H25N3O. The van der Waals surface area contributed by atoms with Crippen LogP contribution in [0.5, 0.6) is 0 Å². The average molecular weight is 227 g/mol. The molecule has 2 unspecified atom stereocenters. The molecule has 1 saturated carbocycles. The van der Waals surface area contributed by atoms with Gasteiger partial charge in [0.1, 0.15) is 0 Å². The summed E-state index contributed by atoms with van der Waals surface area (Å²) in [6, 6.07) is 0.842. The molecule has 4 nitrogen and oxygen atoms in total. The van der Waals surface area contributed by atoms with Gasteiger partial charge in [0.25, 0.3) is 0 Å². The number of carbonyl (C=O) groups excluding carboxylic acids is 1. The molecule has 2 atom stereocenters. The number of hydrogen-bond acceptors (Lipinski definition) is 3. The van der Waals surface area contributed by atoms with Crippen LogP contribution in [-0.2, 0) is 4.79 Å². The molecule has 0 radical (unpaired) electrons. The lowest BCUT2D eigenvalue weighted by atomic mass is 9.88. The lowest BCUT2D eigenvalue weighted by Gasteiger charge is -2.42. The first-order valence-electron chi connectivity index (χ1n) is 6.27. The monoisotopic (exact) mass is 227 g/mol. The summed E-state index contributed by atoms with van der Waals surface area (Å²) in [4.78, 5) is 16.0. The molecule has 1 aliphatic rings. The minimum Gasteiger partial charge on any atom is -0.337 e. The number of amides is 1. The molecule has 16 heavy (non-hydrogen) atoms. The maximum Gasteiger partial charge on any atom is 0.236 e. The summed E-state index contributed by atoms with van der Waals surface area (Å²) in [7, 11) is 4.20. The highest BCUT2D eigenvalue weighted by atomic mass is 16.2. The Labute approximate surface area is 98.8 Å². The van der Waals surface area contributed by atoms with E-state index in [9.17, 15) is 4.79 Å². The molecule has 94 valence electrons. The predicted molar refractivity (Wildman–Crippen MR) is 66.2 cm³/mol. The van der Waals surface area contributed by atoms with E-state index in [0.29, 0.717) is 12.1 Å². The third kappa shape index (κ3) is 2.95. The van der Waals surface area contributed by atoms with Crippen LogP contribution in [0.4, 0.5) is 0 Å². The maximum atomic E-state index is 11.8. The minimum absolute atomic E-state index is 0.0845. The molecule has 1 aliphatic carbocycles. The summed E-state index contributed by atoms with van der Waals surface area (Å²) in [6.07, 6.45) is 4.80. The summed E-state index contributed by atoms with van der Waals surface area (Å²) >= 11 is 0. The van der Waals surface area contributed by atoms with Crippen molar-refractivity contribution in [3.63, 3.8) is 0 Å². The molecular weight excluding hydrogens is 202 g/mol. The van der Waals surface area contributed by atoms with Crippen molar-refractivity contribution in [2.24, 2.45) is 5.73 Å². The molecule has 0 bridgehead atoms. The average Bonchev–Trinajstić information content (AvgIpc) is 2.30. The van der Waals surface area contributed by atoms with Crippen molar-refractivity contribution in [3.05, 3.63) is 0 Å². The van der Waals surface area contributed by atoms with Crippen molar-refractivity contribution >= 4 is 5.91 Å². The first-order chi connectivity index (χ1) is 7.61. The van der Waals surface area contributed by atoms with Crippen molar-refractivity contribution < 1.29 is 4.79 Å². The van der Waals surface area contributed by atoms with Gasteiger partial charge in [0, 0.05) is 18.6 Å². The molecule has 0 aromatic heterocycles. The van der Waals surface area contributed by atoms with Gasteiger partial charge < -0.3 is 15.5 Å². The third-order valence-electron chi connectivity index (χ3n) is 3.59. The minimum atomic E-state index is 0.0845. The van der Waals surface area contributed by atoms with Crippen molar-refractivity contribution in [3.8, 4) is 0 Å². The molecule has 2 N–H and O–H groups in total. The number of likely N-dealkylation sites (N-methyl/N-ethyl adjacent to an activating group) is 2. The lowest BCUT2D eigenvalue weighted by Crippen LogP contribution is -2.54. The highest BCUT2D eigenvalue weighted by molar-refractivity contribution is 5.78. The molecule has 0 aromatic carbocycles.